The van der Waals surface area contributed by atoms with E-state index >= 15 is 0 Å². The Balaban J connectivity index is 1.41. The van der Waals surface area contributed by atoms with Gasteiger partial charge in [-0.15, -0.1) is 0 Å². The van der Waals surface area contributed by atoms with Crippen molar-refractivity contribution in [1.29, 1.82) is 0 Å². The molecule has 2 saturated heterocycles. The fourth-order valence-electron chi connectivity index (χ4n) is 3.69. The van der Waals surface area contributed by atoms with E-state index in [-0.39, 0.29) is 11.8 Å². The first-order valence-corrected chi connectivity index (χ1v) is 9.70. The van der Waals surface area contributed by atoms with Crippen LogP contribution in [0.3, 0.4) is 0 Å². The molecular formula is C19H27BrN2O2. The molecule has 2 aliphatic heterocycles. The third-order valence-corrected chi connectivity index (χ3v) is 5.74. The van der Waals surface area contributed by atoms with Gasteiger partial charge in [0.15, 0.2) is 0 Å². The Kier molecular flexibility index (Phi) is 6.31. The molecule has 2 aliphatic rings. The molecule has 1 aromatic rings. The zero-order valence-electron chi connectivity index (χ0n) is 14.4. The predicted octanol–water partition coefficient (Wildman–Crippen LogP) is 3.16. The van der Waals surface area contributed by atoms with Gasteiger partial charge in [0.05, 0.1) is 12.5 Å². The molecule has 0 radical (unpaired) electrons. The molecule has 1 unspecified atom stereocenters. The molecule has 1 aromatic carbocycles. The molecule has 1 amide bonds. The third-order valence-electron chi connectivity index (χ3n) is 5.21. The summed E-state index contributed by atoms with van der Waals surface area (Å²) in [7, 11) is 1.95. The Morgan fingerprint density at radius 3 is 2.58 bits per heavy atom. The van der Waals surface area contributed by atoms with E-state index in [1.807, 2.05) is 11.9 Å². The number of rotatable bonds is 5. The number of benzene rings is 1. The van der Waals surface area contributed by atoms with Gasteiger partial charge >= 0.3 is 0 Å². The van der Waals surface area contributed by atoms with E-state index in [0.717, 1.165) is 43.7 Å². The lowest BCUT2D eigenvalue weighted by atomic mass is 9.95. The second-order valence-electron chi connectivity index (χ2n) is 7.13. The maximum absolute atomic E-state index is 12.4. The number of ether oxygens (including phenoxy) is 1. The van der Waals surface area contributed by atoms with Gasteiger partial charge in [0, 0.05) is 31.2 Å². The first-order valence-electron chi connectivity index (χ1n) is 8.91. The number of carbonyl (C=O) groups is 1. The minimum Gasteiger partial charge on any atom is -0.381 e. The van der Waals surface area contributed by atoms with Gasteiger partial charge in [-0.2, -0.15) is 0 Å². The van der Waals surface area contributed by atoms with Crippen molar-refractivity contribution in [2.45, 2.75) is 25.8 Å². The number of carbonyl (C=O) groups excluding carboxylic acids is 1. The highest BCUT2D eigenvalue weighted by Crippen LogP contribution is 2.22. The van der Waals surface area contributed by atoms with E-state index in [0.29, 0.717) is 12.5 Å². The summed E-state index contributed by atoms with van der Waals surface area (Å²) in [6.45, 7) is 5.49. The average molecular weight is 395 g/mol. The molecule has 0 bridgehead atoms. The lowest BCUT2D eigenvalue weighted by Gasteiger charge is -2.34. The Hall–Kier alpha value is -0.910. The van der Waals surface area contributed by atoms with E-state index in [1.54, 1.807) is 0 Å². The minimum atomic E-state index is 0.0903. The summed E-state index contributed by atoms with van der Waals surface area (Å²) in [5.41, 5.74) is 1.37. The van der Waals surface area contributed by atoms with Crippen LogP contribution in [-0.4, -0.2) is 55.6 Å². The highest BCUT2D eigenvalue weighted by molar-refractivity contribution is 9.10. The minimum absolute atomic E-state index is 0.0903. The standard InChI is InChI=1S/C19H27BrN2O2/c1-21(19(23)17-8-11-24-14-17)12-16-6-9-22(10-7-16)13-15-2-4-18(20)5-3-15/h2-5,16-17H,6-14H2,1H3. The molecule has 5 heteroatoms. The lowest BCUT2D eigenvalue weighted by Crippen LogP contribution is -2.41. The van der Waals surface area contributed by atoms with Crippen molar-refractivity contribution in [2.75, 3.05) is 39.9 Å². The van der Waals surface area contributed by atoms with Crippen molar-refractivity contribution >= 4 is 21.8 Å². The van der Waals surface area contributed by atoms with Gasteiger partial charge in [-0.1, -0.05) is 28.1 Å². The fourth-order valence-corrected chi connectivity index (χ4v) is 3.96. The quantitative estimate of drug-likeness (QED) is 0.768. The molecule has 132 valence electrons. The summed E-state index contributed by atoms with van der Waals surface area (Å²) in [5, 5.41) is 0. The van der Waals surface area contributed by atoms with Gasteiger partial charge in [0.1, 0.15) is 0 Å². The van der Waals surface area contributed by atoms with Gasteiger partial charge in [-0.25, -0.2) is 0 Å². The molecule has 0 saturated carbocycles. The zero-order valence-corrected chi connectivity index (χ0v) is 16.0. The highest BCUT2D eigenvalue weighted by atomic mass is 79.9. The van der Waals surface area contributed by atoms with Crippen molar-refractivity contribution in [3.8, 4) is 0 Å². The summed E-state index contributed by atoms with van der Waals surface area (Å²) >= 11 is 3.48. The number of likely N-dealkylation sites (tertiary alicyclic amines) is 1. The topological polar surface area (TPSA) is 32.8 Å². The van der Waals surface area contributed by atoms with Crippen molar-refractivity contribution in [1.82, 2.24) is 9.80 Å². The molecule has 3 rings (SSSR count). The Labute approximate surface area is 153 Å². The number of hydrogen-bond acceptors (Lipinski definition) is 3. The Bertz CT molecular complexity index is 535. The summed E-state index contributed by atoms with van der Waals surface area (Å²) in [4.78, 5) is 16.8. The summed E-state index contributed by atoms with van der Waals surface area (Å²) in [6, 6.07) is 8.59. The molecule has 4 nitrogen and oxygen atoms in total. The maximum atomic E-state index is 12.4. The predicted molar refractivity (Wildman–Crippen MR) is 98.7 cm³/mol. The first-order chi connectivity index (χ1) is 11.6. The molecule has 2 heterocycles. The van der Waals surface area contributed by atoms with Crippen LogP contribution >= 0.6 is 15.9 Å². The van der Waals surface area contributed by atoms with Crippen LogP contribution in [0.2, 0.25) is 0 Å². The average Bonchev–Trinajstić information content (AvgIpc) is 3.12. The van der Waals surface area contributed by atoms with E-state index < -0.39 is 0 Å². The molecule has 0 spiro atoms. The Morgan fingerprint density at radius 2 is 1.96 bits per heavy atom. The van der Waals surface area contributed by atoms with E-state index in [9.17, 15) is 4.79 Å². The van der Waals surface area contributed by atoms with Gasteiger partial charge in [-0.3, -0.25) is 9.69 Å². The maximum Gasteiger partial charge on any atom is 0.227 e. The Morgan fingerprint density at radius 1 is 1.25 bits per heavy atom. The van der Waals surface area contributed by atoms with Crippen molar-refractivity contribution in [3.63, 3.8) is 0 Å². The summed E-state index contributed by atoms with van der Waals surface area (Å²) in [6.07, 6.45) is 3.24. The molecule has 0 N–H and O–H groups in total. The number of nitrogens with zero attached hydrogens (tertiary/aromatic N) is 2. The number of amides is 1. The SMILES string of the molecule is CN(CC1CCN(Cc2ccc(Br)cc2)CC1)C(=O)C1CCOC1. The molecule has 0 aliphatic carbocycles. The van der Waals surface area contributed by atoms with E-state index in [4.69, 9.17) is 4.74 Å². The molecule has 0 aromatic heterocycles. The second-order valence-corrected chi connectivity index (χ2v) is 8.04. The van der Waals surface area contributed by atoms with Crippen LogP contribution in [0.15, 0.2) is 28.7 Å². The number of halogens is 1. The highest BCUT2D eigenvalue weighted by Gasteiger charge is 2.28. The zero-order chi connectivity index (χ0) is 16.9. The van der Waals surface area contributed by atoms with Crippen molar-refractivity contribution in [2.24, 2.45) is 11.8 Å². The van der Waals surface area contributed by atoms with Crippen molar-refractivity contribution in [3.05, 3.63) is 34.3 Å². The molecule has 2 fully saturated rings. The lowest BCUT2D eigenvalue weighted by molar-refractivity contribution is -0.134. The first kappa shape index (κ1) is 17.9. The summed E-state index contributed by atoms with van der Waals surface area (Å²) < 4.78 is 6.47. The molecule has 24 heavy (non-hydrogen) atoms. The van der Waals surface area contributed by atoms with Crippen LogP contribution < -0.4 is 0 Å². The van der Waals surface area contributed by atoms with Crippen molar-refractivity contribution < 1.29 is 9.53 Å². The normalized spacial score (nSPS) is 22.7. The second kappa shape index (κ2) is 8.45. The molecular weight excluding hydrogens is 368 g/mol. The van der Waals surface area contributed by atoms with Gasteiger partial charge in [-0.05, 0) is 56.0 Å². The van der Waals surface area contributed by atoms with Crippen LogP contribution in [0.5, 0.6) is 0 Å². The molecule has 1 atom stereocenters. The van der Waals surface area contributed by atoms with Crippen LogP contribution in [0, 0.1) is 11.8 Å². The van der Waals surface area contributed by atoms with E-state index in [1.165, 1.54) is 18.4 Å². The van der Waals surface area contributed by atoms with E-state index in [2.05, 4.69) is 45.1 Å². The van der Waals surface area contributed by atoms with Crippen LogP contribution in [0.25, 0.3) is 0 Å². The number of piperidine rings is 1. The summed E-state index contributed by atoms with van der Waals surface area (Å²) in [5.74, 6) is 0.986. The van der Waals surface area contributed by atoms with Gasteiger partial charge in [0.2, 0.25) is 5.91 Å². The van der Waals surface area contributed by atoms with Crippen LogP contribution in [0.4, 0.5) is 0 Å². The monoisotopic (exact) mass is 394 g/mol. The van der Waals surface area contributed by atoms with Gasteiger partial charge < -0.3 is 9.64 Å². The largest absolute Gasteiger partial charge is 0.381 e. The van der Waals surface area contributed by atoms with Gasteiger partial charge in [0.25, 0.3) is 0 Å². The van der Waals surface area contributed by atoms with Crippen LogP contribution in [-0.2, 0) is 16.1 Å². The smallest absolute Gasteiger partial charge is 0.227 e. The fraction of sp³-hybridized carbons (Fsp3) is 0.632. The third kappa shape index (κ3) is 4.80. The van der Waals surface area contributed by atoms with Crippen LogP contribution in [0.1, 0.15) is 24.8 Å². The number of hydrogen-bond donors (Lipinski definition) is 0.